The van der Waals surface area contributed by atoms with Crippen LogP contribution in [0.15, 0.2) is 12.1 Å². The molecule has 1 aromatic rings. The molecule has 4 heteroatoms. The van der Waals surface area contributed by atoms with E-state index in [1.54, 1.807) is 12.1 Å². The van der Waals surface area contributed by atoms with Crippen LogP contribution in [-0.2, 0) is 4.79 Å². The summed E-state index contributed by atoms with van der Waals surface area (Å²) in [7, 11) is 0. The summed E-state index contributed by atoms with van der Waals surface area (Å²) in [5.41, 5.74) is 1.39. The van der Waals surface area contributed by atoms with Gasteiger partial charge in [-0.05, 0) is 19.1 Å². The summed E-state index contributed by atoms with van der Waals surface area (Å²) in [5.74, 6) is -1.10. The van der Waals surface area contributed by atoms with Gasteiger partial charge in [0.1, 0.15) is 0 Å². The predicted molar refractivity (Wildman–Crippen MR) is 46.7 cm³/mol. The molecule has 0 aliphatic carbocycles. The Morgan fingerprint density at radius 2 is 2.08 bits per heavy atom. The number of hydrogen-bond donors (Lipinski definition) is 2. The number of aliphatic carboxylic acids is 1. The average Bonchev–Trinajstić information content (AvgIpc) is 2.47. The Balaban J connectivity index is 2.54. The average molecular weight is 181 g/mol. The summed E-state index contributed by atoms with van der Waals surface area (Å²) in [6.07, 6.45) is -0.0633. The fourth-order valence-electron chi connectivity index (χ4n) is 1.02. The second kappa shape index (κ2) is 3.89. The van der Waals surface area contributed by atoms with Crippen molar-refractivity contribution in [2.45, 2.75) is 19.8 Å². The number of Topliss-reactive ketones (excluding diaryl/α,β-unsaturated/α-hetero) is 1. The third-order valence-electron chi connectivity index (χ3n) is 1.70. The van der Waals surface area contributed by atoms with Gasteiger partial charge in [-0.1, -0.05) is 0 Å². The third kappa shape index (κ3) is 2.74. The fraction of sp³-hybridized carbons (Fsp3) is 0.333. The van der Waals surface area contributed by atoms with E-state index in [9.17, 15) is 9.59 Å². The van der Waals surface area contributed by atoms with Crippen molar-refractivity contribution in [3.05, 3.63) is 23.5 Å². The van der Waals surface area contributed by atoms with E-state index in [0.717, 1.165) is 5.69 Å². The molecule has 0 atom stereocenters. The molecule has 1 aromatic heterocycles. The highest BCUT2D eigenvalue weighted by atomic mass is 16.4. The quantitative estimate of drug-likeness (QED) is 0.689. The summed E-state index contributed by atoms with van der Waals surface area (Å²) in [6, 6.07) is 3.45. The van der Waals surface area contributed by atoms with Gasteiger partial charge in [0.15, 0.2) is 5.78 Å². The van der Waals surface area contributed by atoms with Crippen LogP contribution in [0, 0.1) is 6.92 Å². The minimum atomic E-state index is -0.948. The molecule has 0 unspecified atom stereocenters. The summed E-state index contributed by atoms with van der Waals surface area (Å²) >= 11 is 0. The first kappa shape index (κ1) is 9.51. The Morgan fingerprint density at radius 1 is 1.38 bits per heavy atom. The number of aromatic amines is 1. The van der Waals surface area contributed by atoms with Crippen LogP contribution in [0.25, 0.3) is 0 Å². The Bertz CT molecular complexity index is 327. The third-order valence-corrected chi connectivity index (χ3v) is 1.70. The summed E-state index contributed by atoms with van der Waals surface area (Å²) in [5, 5.41) is 8.35. The maximum absolute atomic E-state index is 11.3. The molecule has 0 spiro atoms. The van der Waals surface area contributed by atoms with Crippen molar-refractivity contribution in [3.63, 3.8) is 0 Å². The minimum Gasteiger partial charge on any atom is -0.481 e. The highest BCUT2D eigenvalue weighted by Gasteiger charge is 2.09. The molecule has 1 rings (SSSR count). The molecule has 0 saturated heterocycles. The SMILES string of the molecule is Cc1ccc(C(=O)CCC(=O)O)[nH]1. The van der Waals surface area contributed by atoms with Crippen LogP contribution < -0.4 is 0 Å². The smallest absolute Gasteiger partial charge is 0.303 e. The van der Waals surface area contributed by atoms with Crippen molar-refractivity contribution in [2.24, 2.45) is 0 Å². The number of carbonyl (C=O) groups is 2. The Morgan fingerprint density at radius 3 is 2.54 bits per heavy atom. The summed E-state index contributed by atoms with van der Waals surface area (Å²) in [4.78, 5) is 24.3. The van der Waals surface area contributed by atoms with Gasteiger partial charge in [0.05, 0.1) is 12.1 Å². The Hall–Kier alpha value is -1.58. The molecule has 4 nitrogen and oxygen atoms in total. The molecule has 0 saturated carbocycles. The van der Waals surface area contributed by atoms with Gasteiger partial charge >= 0.3 is 5.97 Å². The lowest BCUT2D eigenvalue weighted by atomic mass is 10.2. The van der Waals surface area contributed by atoms with Crippen LogP contribution in [0.4, 0.5) is 0 Å². The lowest BCUT2D eigenvalue weighted by Gasteiger charge is -1.94. The van der Waals surface area contributed by atoms with Crippen LogP contribution in [-0.4, -0.2) is 21.8 Å². The standard InChI is InChI=1S/C9H11NO3/c1-6-2-3-7(10-6)8(11)4-5-9(12)13/h2-3,10H,4-5H2,1H3,(H,12,13). The maximum atomic E-state index is 11.3. The topological polar surface area (TPSA) is 70.2 Å². The van der Waals surface area contributed by atoms with Crippen molar-refractivity contribution in [1.29, 1.82) is 0 Å². The van der Waals surface area contributed by atoms with E-state index < -0.39 is 5.97 Å². The summed E-state index contributed by atoms with van der Waals surface area (Å²) < 4.78 is 0. The molecule has 70 valence electrons. The first-order chi connectivity index (χ1) is 6.09. The van der Waals surface area contributed by atoms with Crippen LogP contribution in [0.2, 0.25) is 0 Å². The number of carboxylic acids is 1. The second-order valence-corrected chi connectivity index (χ2v) is 2.87. The molecule has 0 radical (unpaired) electrons. The van der Waals surface area contributed by atoms with Crippen molar-refractivity contribution in [1.82, 2.24) is 4.98 Å². The van der Waals surface area contributed by atoms with Crippen LogP contribution in [0.3, 0.4) is 0 Å². The largest absolute Gasteiger partial charge is 0.481 e. The van der Waals surface area contributed by atoms with Gasteiger partial charge in [0.25, 0.3) is 0 Å². The highest BCUT2D eigenvalue weighted by Crippen LogP contribution is 2.05. The van der Waals surface area contributed by atoms with Gasteiger partial charge in [-0.15, -0.1) is 0 Å². The number of nitrogens with one attached hydrogen (secondary N) is 1. The van der Waals surface area contributed by atoms with Gasteiger partial charge in [0, 0.05) is 12.1 Å². The molecule has 2 N–H and O–H groups in total. The van der Waals surface area contributed by atoms with Gasteiger partial charge < -0.3 is 10.1 Å². The Kier molecular flexibility index (Phi) is 2.84. The predicted octanol–water partition coefficient (Wildman–Crippen LogP) is 1.37. The molecule has 0 amide bonds. The number of hydrogen-bond acceptors (Lipinski definition) is 2. The molecule has 0 aliphatic heterocycles. The molecule has 0 bridgehead atoms. The first-order valence-electron chi connectivity index (χ1n) is 4.00. The van der Waals surface area contributed by atoms with Gasteiger partial charge in [-0.2, -0.15) is 0 Å². The van der Waals surface area contributed by atoms with E-state index in [0.29, 0.717) is 5.69 Å². The van der Waals surface area contributed by atoms with Crippen LogP contribution in [0.1, 0.15) is 29.0 Å². The van der Waals surface area contributed by atoms with Crippen LogP contribution in [0.5, 0.6) is 0 Å². The van der Waals surface area contributed by atoms with E-state index in [1.165, 1.54) is 0 Å². The van der Waals surface area contributed by atoms with E-state index in [1.807, 2.05) is 6.92 Å². The zero-order valence-electron chi connectivity index (χ0n) is 7.33. The number of aryl methyl sites for hydroxylation is 1. The van der Waals surface area contributed by atoms with Crippen molar-refractivity contribution in [2.75, 3.05) is 0 Å². The van der Waals surface area contributed by atoms with Crippen molar-refractivity contribution in [3.8, 4) is 0 Å². The molecule has 0 aliphatic rings. The molecule has 0 aromatic carbocycles. The molecule has 1 heterocycles. The Labute approximate surface area is 75.6 Å². The van der Waals surface area contributed by atoms with Gasteiger partial charge in [0.2, 0.25) is 0 Å². The van der Waals surface area contributed by atoms with E-state index in [-0.39, 0.29) is 18.6 Å². The zero-order valence-corrected chi connectivity index (χ0v) is 7.33. The monoisotopic (exact) mass is 181 g/mol. The van der Waals surface area contributed by atoms with E-state index in [4.69, 9.17) is 5.11 Å². The lowest BCUT2D eigenvalue weighted by molar-refractivity contribution is -0.136. The molecule has 13 heavy (non-hydrogen) atoms. The number of rotatable bonds is 4. The molecular formula is C9H11NO3. The maximum Gasteiger partial charge on any atom is 0.303 e. The lowest BCUT2D eigenvalue weighted by Crippen LogP contribution is -2.03. The van der Waals surface area contributed by atoms with E-state index >= 15 is 0 Å². The minimum absolute atomic E-state index is 0.0509. The van der Waals surface area contributed by atoms with Gasteiger partial charge in [-0.3, -0.25) is 9.59 Å². The summed E-state index contributed by atoms with van der Waals surface area (Å²) in [6.45, 7) is 1.84. The number of aromatic nitrogens is 1. The molecule has 0 fully saturated rings. The number of carbonyl (C=O) groups excluding carboxylic acids is 1. The van der Waals surface area contributed by atoms with Gasteiger partial charge in [-0.25, -0.2) is 0 Å². The van der Waals surface area contributed by atoms with Crippen molar-refractivity contribution >= 4 is 11.8 Å². The fourth-order valence-corrected chi connectivity index (χ4v) is 1.02. The normalized spacial score (nSPS) is 9.92. The first-order valence-corrected chi connectivity index (χ1v) is 4.00. The number of carboxylic acid groups (broad SMARTS) is 1. The molecular weight excluding hydrogens is 170 g/mol. The van der Waals surface area contributed by atoms with E-state index in [2.05, 4.69) is 4.98 Å². The zero-order chi connectivity index (χ0) is 9.84. The highest BCUT2D eigenvalue weighted by molar-refractivity contribution is 5.95. The second-order valence-electron chi connectivity index (χ2n) is 2.87. The number of ketones is 1. The number of H-pyrrole nitrogens is 1. The van der Waals surface area contributed by atoms with Crippen molar-refractivity contribution < 1.29 is 14.7 Å². The van der Waals surface area contributed by atoms with Crippen LogP contribution >= 0.6 is 0 Å².